The molecule has 0 heteroatoms. The van der Waals surface area contributed by atoms with Gasteiger partial charge in [-0.25, -0.2) is 0 Å². The number of rotatable bonds is 0. The Morgan fingerprint density at radius 2 is 2.00 bits per heavy atom. The predicted octanol–water partition coefficient (Wildman–Crippen LogP) is 3.00. The smallest absolute Gasteiger partial charge is 0.0234 e. The lowest BCUT2D eigenvalue weighted by molar-refractivity contribution is 0.388. The van der Waals surface area contributed by atoms with E-state index in [2.05, 4.69) is 20.4 Å². The molecule has 0 aromatic rings. The lowest BCUT2D eigenvalue weighted by Gasteiger charge is -2.25. The summed E-state index contributed by atoms with van der Waals surface area (Å²) in [6, 6.07) is 0. The van der Waals surface area contributed by atoms with Crippen LogP contribution in [0.1, 0.15) is 33.1 Å². The molecule has 0 bridgehead atoms. The molecule has 0 aliphatic heterocycles. The Kier molecular flexibility index (Phi) is 1.94. The summed E-state index contributed by atoms with van der Waals surface area (Å²) >= 11 is 0. The van der Waals surface area contributed by atoms with E-state index in [1.807, 2.05) is 0 Å². The molecule has 0 unspecified atom stereocenters. The number of hydrogen-bond acceptors (Lipinski definition) is 0. The fourth-order valence-electron chi connectivity index (χ4n) is 1.49. The zero-order valence-electron chi connectivity index (χ0n) is 6.48. The average Bonchev–Trinajstić information content (AvgIpc) is 1.80. The van der Waals surface area contributed by atoms with Crippen molar-refractivity contribution in [1.29, 1.82) is 0 Å². The molecule has 52 valence electrons. The summed E-state index contributed by atoms with van der Waals surface area (Å²) < 4.78 is 0. The van der Waals surface area contributed by atoms with Gasteiger partial charge in [0.2, 0.25) is 0 Å². The largest absolute Gasteiger partial charge is 0.0996 e. The highest BCUT2D eigenvalue weighted by Crippen LogP contribution is 2.31. The molecule has 0 heterocycles. The molecule has 1 rings (SSSR count). The maximum atomic E-state index is 4.05. The molecule has 0 saturated heterocycles. The molecule has 0 spiro atoms. The van der Waals surface area contributed by atoms with Crippen molar-refractivity contribution in [3.8, 4) is 0 Å². The van der Waals surface area contributed by atoms with Gasteiger partial charge in [0.05, 0.1) is 0 Å². The highest BCUT2D eigenvalue weighted by Gasteiger charge is 2.16. The van der Waals surface area contributed by atoms with Gasteiger partial charge in [0, 0.05) is 0 Å². The van der Waals surface area contributed by atoms with E-state index in [1.54, 1.807) is 0 Å². The van der Waals surface area contributed by atoms with E-state index in [0.29, 0.717) is 0 Å². The highest BCUT2D eigenvalue weighted by atomic mass is 14.2. The Labute approximate surface area is 58.0 Å². The second-order valence-corrected chi connectivity index (χ2v) is 3.45. The van der Waals surface area contributed by atoms with Crippen molar-refractivity contribution >= 4 is 0 Å². The standard InChI is InChI=1S/C9H16/c1-7-4-5-8(2)9(3)6-7/h7-8H,3-6H2,1-2H3/t7-,8+/m0/s1. The molecule has 1 aliphatic rings. The van der Waals surface area contributed by atoms with E-state index in [9.17, 15) is 0 Å². The van der Waals surface area contributed by atoms with Crippen molar-refractivity contribution in [2.75, 3.05) is 0 Å². The Bertz CT molecular complexity index is 113. The van der Waals surface area contributed by atoms with E-state index < -0.39 is 0 Å². The van der Waals surface area contributed by atoms with Crippen molar-refractivity contribution in [2.45, 2.75) is 33.1 Å². The van der Waals surface area contributed by atoms with Crippen LogP contribution in [0.5, 0.6) is 0 Å². The average molecular weight is 124 g/mol. The first-order valence-electron chi connectivity index (χ1n) is 3.88. The monoisotopic (exact) mass is 124 g/mol. The molecule has 0 amide bonds. The predicted molar refractivity (Wildman–Crippen MR) is 41.3 cm³/mol. The Morgan fingerprint density at radius 1 is 1.33 bits per heavy atom. The zero-order valence-corrected chi connectivity index (χ0v) is 6.48. The summed E-state index contributed by atoms with van der Waals surface area (Å²) in [4.78, 5) is 0. The van der Waals surface area contributed by atoms with Crippen molar-refractivity contribution in [3.05, 3.63) is 12.2 Å². The quantitative estimate of drug-likeness (QED) is 0.435. The summed E-state index contributed by atoms with van der Waals surface area (Å²) in [5, 5.41) is 0. The van der Waals surface area contributed by atoms with Gasteiger partial charge < -0.3 is 0 Å². The van der Waals surface area contributed by atoms with Crippen LogP contribution in [0.4, 0.5) is 0 Å². The first kappa shape index (κ1) is 6.85. The van der Waals surface area contributed by atoms with Crippen LogP contribution in [0.15, 0.2) is 12.2 Å². The molecule has 0 radical (unpaired) electrons. The minimum absolute atomic E-state index is 0.793. The van der Waals surface area contributed by atoms with Crippen LogP contribution < -0.4 is 0 Å². The van der Waals surface area contributed by atoms with Crippen LogP contribution in [0, 0.1) is 11.8 Å². The first-order valence-corrected chi connectivity index (χ1v) is 3.88. The van der Waals surface area contributed by atoms with Gasteiger partial charge in [-0.15, -0.1) is 0 Å². The van der Waals surface area contributed by atoms with Crippen LogP contribution in [-0.4, -0.2) is 0 Å². The lowest BCUT2D eigenvalue weighted by Crippen LogP contribution is -2.11. The topological polar surface area (TPSA) is 0 Å². The van der Waals surface area contributed by atoms with Crippen LogP contribution in [0.3, 0.4) is 0 Å². The van der Waals surface area contributed by atoms with Crippen LogP contribution in [0.2, 0.25) is 0 Å². The van der Waals surface area contributed by atoms with Gasteiger partial charge in [0.1, 0.15) is 0 Å². The first-order chi connectivity index (χ1) is 4.20. The van der Waals surface area contributed by atoms with E-state index in [1.165, 1.54) is 24.8 Å². The summed E-state index contributed by atoms with van der Waals surface area (Å²) in [5.41, 5.74) is 1.47. The minimum atomic E-state index is 0.793. The maximum absolute atomic E-state index is 4.05. The van der Waals surface area contributed by atoms with E-state index in [-0.39, 0.29) is 0 Å². The van der Waals surface area contributed by atoms with E-state index >= 15 is 0 Å². The van der Waals surface area contributed by atoms with Crippen LogP contribution in [-0.2, 0) is 0 Å². The molecule has 0 aromatic carbocycles. The molecular weight excluding hydrogens is 108 g/mol. The van der Waals surface area contributed by atoms with Crippen molar-refractivity contribution in [1.82, 2.24) is 0 Å². The molecule has 9 heavy (non-hydrogen) atoms. The molecule has 0 nitrogen and oxygen atoms in total. The molecule has 0 aromatic heterocycles. The summed E-state index contributed by atoms with van der Waals surface area (Å²) in [5.74, 6) is 1.69. The minimum Gasteiger partial charge on any atom is -0.0996 e. The van der Waals surface area contributed by atoms with Gasteiger partial charge in [-0.1, -0.05) is 26.0 Å². The normalized spacial score (nSPS) is 36.9. The molecule has 2 atom stereocenters. The van der Waals surface area contributed by atoms with Crippen molar-refractivity contribution in [2.24, 2.45) is 11.8 Å². The van der Waals surface area contributed by atoms with Crippen molar-refractivity contribution in [3.63, 3.8) is 0 Å². The number of allylic oxidation sites excluding steroid dienone is 1. The third-order valence-electron chi connectivity index (χ3n) is 2.40. The Morgan fingerprint density at radius 3 is 2.44 bits per heavy atom. The van der Waals surface area contributed by atoms with Gasteiger partial charge in [-0.2, -0.15) is 0 Å². The summed E-state index contributed by atoms with van der Waals surface area (Å²) in [7, 11) is 0. The third kappa shape index (κ3) is 1.57. The van der Waals surface area contributed by atoms with Gasteiger partial charge in [-0.3, -0.25) is 0 Å². The van der Waals surface area contributed by atoms with Crippen LogP contribution >= 0.6 is 0 Å². The molecule has 0 N–H and O–H groups in total. The van der Waals surface area contributed by atoms with Gasteiger partial charge in [0.15, 0.2) is 0 Å². The lowest BCUT2D eigenvalue weighted by atomic mass is 9.81. The zero-order chi connectivity index (χ0) is 6.85. The van der Waals surface area contributed by atoms with E-state index in [4.69, 9.17) is 0 Å². The Hall–Kier alpha value is -0.260. The number of hydrogen-bond donors (Lipinski definition) is 0. The second kappa shape index (κ2) is 2.55. The summed E-state index contributed by atoms with van der Waals surface area (Å²) in [6.07, 6.45) is 4.03. The second-order valence-electron chi connectivity index (χ2n) is 3.45. The molecular formula is C9H16. The van der Waals surface area contributed by atoms with Crippen LogP contribution in [0.25, 0.3) is 0 Å². The summed E-state index contributed by atoms with van der Waals surface area (Å²) in [6.45, 7) is 8.65. The third-order valence-corrected chi connectivity index (χ3v) is 2.40. The Balaban J connectivity index is 2.44. The highest BCUT2D eigenvalue weighted by molar-refractivity contribution is 5.02. The van der Waals surface area contributed by atoms with Crippen molar-refractivity contribution < 1.29 is 0 Å². The van der Waals surface area contributed by atoms with E-state index in [0.717, 1.165) is 11.8 Å². The van der Waals surface area contributed by atoms with Gasteiger partial charge in [0.25, 0.3) is 0 Å². The fraction of sp³-hybridized carbons (Fsp3) is 0.778. The molecule has 1 fully saturated rings. The van der Waals surface area contributed by atoms with Gasteiger partial charge >= 0.3 is 0 Å². The molecule has 1 aliphatic carbocycles. The fourth-order valence-corrected chi connectivity index (χ4v) is 1.49. The SMILES string of the molecule is C=C1C[C@@H](C)CC[C@H]1C. The molecule has 1 saturated carbocycles. The maximum Gasteiger partial charge on any atom is -0.0234 e. The van der Waals surface area contributed by atoms with Gasteiger partial charge in [-0.05, 0) is 31.1 Å².